The summed E-state index contributed by atoms with van der Waals surface area (Å²) in [7, 11) is 2.00. The quantitative estimate of drug-likeness (QED) is 0.739. The van der Waals surface area contributed by atoms with Gasteiger partial charge in [0.2, 0.25) is 0 Å². The van der Waals surface area contributed by atoms with Crippen LogP contribution in [-0.2, 0) is 6.42 Å². The number of aryl methyl sites for hydroxylation is 1. The number of benzene rings is 1. The molecule has 0 fully saturated rings. The Bertz CT molecular complexity index is 880. The normalized spacial score (nSPS) is 10.4. The summed E-state index contributed by atoms with van der Waals surface area (Å²) >= 11 is 0. The molecule has 0 bridgehead atoms. The maximum Gasteiger partial charge on any atom is 0.257 e. The summed E-state index contributed by atoms with van der Waals surface area (Å²) in [5, 5.41) is 2.95. The number of nitrogens with zero attached hydrogens (tertiary/aromatic N) is 3. The van der Waals surface area contributed by atoms with Gasteiger partial charge in [-0.05, 0) is 48.7 Å². The molecule has 5 heteroatoms. The number of aromatic nitrogens is 2. The van der Waals surface area contributed by atoms with E-state index in [4.69, 9.17) is 0 Å². The van der Waals surface area contributed by atoms with Crippen molar-refractivity contribution >= 4 is 17.3 Å². The molecular weight excluding hydrogens is 324 g/mol. The van der Waals surface area contributed by atoms with Gasteiger partial charge >= 0.3 is 0 Å². The molecule has 1 amide bonds. The van der Waals surface area contributed by atoms with E-state index in [9.17, 15) is 4.79 Å². The molecule has 0 aliphatic heterocycles. The fourth-order valence-electron chi connectivity index (χ4n) is 2.64. The van der Waals surface area contributed by atoms with Crippen molar-refractivity contribution in [3.63, 3.8) is 0 Å². The Morgan fingerprint density at radius 1 is 1.08 bits per heavy atom. The number of carbonyl (C=O) groups excluding carboxylic acids is 1. The van der Waals surface area contributed by atoms with Gasteiger partial charge in [-0.25, -0.2) is 0 Å². The van der Waals surface area contributed by atoms with Gasteiger partial charge in [-0.15, -0.1) is 0 Å². The molecule has 0 saturated carbocycles. The molecule has 1 aromatic carbocycles. The van der Waals surface area contributed by atoms with Crippen LogP contribution in [0.15, 0.2) is 67.3 Å². The molecule has 0 spiro atoms. The van der Waals surface area contributed by atoms with Crippen molar-refractivity contribution in [1.29, 1.82) is 0 Å². The molecule has 3 rings (SSSR count). The van der Waals surface area contributed by atoms with Gasteiger partial charge in [0.15, 0.2) is 0 Å². The van der Waals surface area contributed by atoms with E-state index in [0.29, 0.717) is 5.56 Å². The fraction of sp³-hybridized carbons (Fsp3) is 0.190. The number of amides is 1. The van der Waals surface area contributed by atoms with Crippen LogP contribution in [0.1, 0.15) is 21.5 Å². The lowest BCUT2D eigenvalue weighted by Crippen LogP contribution is -2.21. The van der Waals surface area contributed by atoms with Gasteiger partial charge in [-0.3, -0.25) is 14.8 Å². The monoisotopic (exact) mass is 346 g/mol. The third kappa shape index (κ3) is 4.45. The van der Waals surface area contributed by atoms with Crippen LogP contribution in [-0.4, -0.2) is 29.5 Å². The number of rotatable bonds is 6. The van der Waals surface area contributed by atoms with Crippen LogP contribution < -0.4 is 10.2 Å². The van der Waals surface area contributed by atoms with E-state index < -0.39 is 0 Å². The predicted octanol–water partition coefficient (Wildman–Crippen LogP) is 3.72. The first kappa shape index (κ1) is 17.6. The van der Waals surface area contributed by atoms with Crippen molar-refractivity contribution < 1.29 is 4.79 Å². The third-order valence-electron chi connectivity index (χ3n) is 4.31. The second-order valence-corrected chi connectivity index (χ2v) is 6.23. The Labute approximate surface area is 153 Å². The Balaban J connectivity index is 1.67. The molecule has 0 atom stereocenters. The number of carbonyl (C=O) groups is 1. The highest BCUT2D eigenvalue weighted by Gasteiger charge is 2.10. The summed E-state index contributed by atoms with van der Waals surface area (Å²) in [5.74, 6) is -0.156. The van der Waals surface area contributed by atoms with E-state index in [1.807, 2.05) is 56.4 Å². The van der Waals surface area contributed by atoms with Crippen molar-refractivity contribution in [3.8, 4) is 0 Å². The maximum atomic E-state index is 12.5. The molecule has 132 valence electrons. The first-order chi connectivity index (χ1) is 12.6. The zero-order valence-corrected chi connectivity index (χ0v) is 15.0. The highest BCUT2D eigenvalue weighted by atomic mass is 16.1. The van der Waals surface area contributed by atoms with E-state index in [1.54, 1.807) is 24.8 Å². The number of hydrogen-bond acceptors (Lipinski definition) is 4. The molecule has 26 heavy (non-hydrogen) atoms. The van der Waals surface area contributed by atoms with Gasteiger partial charge in [-0.1, -0.05) is 18.2 Å². The Morgan fingerprint density at radius 3 is 2.62 bits per heavy atom. The Kier molecular flexibility index (Phi) is 5.59. The summed E-state index contributed by atoms with van der Waals surface area (Å²) in [6, 6.07) is 13.6. The van der Waals surface area contributed by atoms with Crippen molar-refractivity contribution in [2.45, 2.75) is 13.3 Å². The minimum absolute atomic E-state index is 0.156. The molecule has 5 nitrogen and oxygen atoms in total. The molecule has 0 saturated heterocycles. The van der Waals surface area contributed by atoms with Crippen molar-refractivity contribution in [2.24, 2.45) is 0 Å². The van der Waals surface area contributed by atoms with Crippen LogP contribution in [0.2, 0.25) is 0 Å². The van der Waals surface area contributed by atoms with Gasteiger partial charge in [0.05, 0.1) is 17.4 Å². The molecular formula is C21H22N4O. The SMILES string of the molecule is Cc1ccccc1NC(=O)c1cncc(N(C)CCc2ccncc2)c1. The van der Waals surface area contributed by atoms with E-state index in [-0.39, 0.29) is 5.91 Å². The zero-order chi connectivity index (χ0) is 18.4. The van der Waals surface area contributed by atoms with Crippen LogP contribution in [0.25, 0.3) is 0 Å². The number of hydrogen-bond donors (Lipinski definition) is 1. The summed E-state index contributed by atoms with van der Waals surface area (Å²) in [5.41, 5.74) is 4.53. The molecule has 1 N–H and O–H groups in total. The predicted molar refractivity (Wildman–Crippen MR) is 105 cm³/mol. The lowest BCUT2D eigenvalue weighted by molar-refractivity contribution is 0.102. The van der Waals surface area contributed by atoms with Crippen LogP contribution in [0.5, 0.6) is 0 Å². The van der Waals surface area contributed by atoms with Crippen LogP contribution in [0, 0.1) is 6.92 Å². The van der Waals surface area contributed by atoms with Crippen molar-refractivity contribution in [1.82, 2.24) is 9.97 Å². The highest BCUT2D eigenvalue weighted by molar-refractivity contribution is 6.04. The van der Waals surface area contributed by atoms with Gasteiger partial charge in [0.1, 0.15) is 0 Å². The topological polar surface area (TPSA) is 58.1 Å². The second kappa shape index (κ2) is 8.25. The molecule has 0 radical (unpaired) electrons. The number of pyridine rings is 2. The summed E-state index contributed by atoms with van der Waals surface area (Å²) in [4.78, 5) is 22.9. The molecule has 3 aromatic rings. The van der Waals surface area contributed by atoms with E-state index >= 15 is 0 Å². The first-order valence-electron chi connectivity index (χ1n) is 8.55. The van der Waals surface area contributed by atoms with Crippen molar-refractivity contribution in [3.05, 3.63) is 83.9 Å². The van der Waals surface area contributed by atoms with Gasteiger partial charge < -0.3 is 10.2 Å². The van der Waals surface area contributed by atoms with E-state index in [0.717, 1.165) is 29.9 Å². The van der Waals surface area contributed by atoms with Crippen molar-refractivity contribution in [2.75, 3.05) is 23.8 Å². The number of anilines is 2. The number of likely N-dealkylation sites (N-methyl/N-ethyl adjacent to an activating group) is 1. The molecule has 0 aliphatic rings. The molecule has 0 unspecified atom stereocenters. The average Bonchev–Trinajstić information content (AvgIpc) is 2.69. The van der Waals surface area contributed by atoms with Crippen LogP contribution >= 0.6 is 0 Å². The molecule has 2 heterocycles. The fourth-order valence-corrected chi connectivity index (χ4v) is 2.64. The smallest absolute Gasteiger partial charge is 0.257 e. The summed E-state index contributed by atoms with van der Waals surface area (Å²) < 4.78 is 0. The Morgan fingerprint density at radius 2 is 1.85 bits per heavy atom. The molecule has 0 aliphatic carbocycles. The lowest BCUT2D eigenvalue weighted by Gasteiger charge is -2.19. The number of para-hydroxylation sites is 1. The first-order valence-corrected chi connectivity index (χ1v) is 8.55. The standard InChI is InChI=1S/C21H22N4O/c1-16-5-3-4-6-20(16)24-21(26)18-13-19(15-23-14-18)25(2)12-9-17-7-10-22-11-8-17/h3-8,10-11,13-15H,9,12H2,1-2H3,(H,24,26). The van der Waals surface area contributed by atoms with E-state index in [2.05, 4.69) is 20.2 Å². The summed E-state index contributed by atoms with van der Waals surface area (Å²) in [6.45, 7) is 2.80. The lowest BCUT2D eigenvalue weighted by atomic mass is 10.1. The van der Waals surface area contributed by atoms with Gasteiger partial charge in [-0.2, -0.15) is 0 Å². The van der Waals surface area contributed by atoms with Gasteiger partial charge in [0.25, 0.3) is 5.91 Å². The third-order valence-corrected chi connectivity index (χ3v) is 4.31. The van der Waals surface area contributed by atoms with Crippen LogP contribution in [0.3, 0.4) is 0 Å². The zero-order valence-electron chi connectivity index (χ0n) is 15.0. The number of nitrogens with one attached hydrogen (secondary N) is 1. The van der Waals surface area contributed by atoms with Crippen LogP contribution in [0.4, 0.5) is 11.4 Å². The van der Waals surface area contributed by atoms with E-state index in [1.165, 1.54) is 5.56 Å². The highest BCUT2D eigenvalue weighted by Crippen LogP contribution is 2.17. The average molecular weight is 346 g/mol. The minimum Gasteiger partial charge on any atom is -0.373 e. The second-order valence-electron chi connectivity index (χ2n) is 6.23. The summed E-state index contributed by atoms with van der Waals surface area (Å²) in [6.07, 6.45) is 7.87. The Hall–Kier alpha value is -3.21. The minimum atomic E-state index is -0.156. The maximum absolute atomic E-state index is 12.5. The molecule has 2 aromatic heterocycles. The largest absolute Gasteiger partial charge is 0.373 e. The van der Waals surface area contributed by atoms with Gasteiger partial charge in [0, 0.05) is 37.9 Å².